The summed E-state index contributed by atoms with van der Waals surface area (Å²) in [5.74, 6) is -1.09. The Hall–Kier alpha value is -1.52. The number of pyridine rings is 1. The summed E-state index contributed by atoms with van der Waals surface area (Å²) in [6.07, 6.45) is 0. The van der Waals surface area contributed by atoms with E-state index in [1.807, 2.05) is 0 Å². The fourth-order valence-electron chi connectivity index (χ4n) is 1.61. The topological polar surface area (TPSA) is 59.3 Å². The van der Waals surface area contributed by atoms with Gasteiger partial charge in [0.1, 0.15) is 6.54 Å². The van der Waals surface area contributed by atoms with Gasteiger partial charge in [0, 0.05) is 11.5 Å². The minimum atomic E-state index is -1.09. The molecule has 0 bridgehead atoms. The molecule has 0 aliphatic rings. The number of carboxylic acids is 1. The predicted molar refractivity (Wildman–Crippen MR) is 65.9 cm³/mol. The van der Waals surface area contributed by atoms with Gasteiger partial charge in [0.2, 0.25) is 0 Å². The lowest BCUT2D eigenvalue weighted by Crippen LogP contribution is -2.23. The van der Waals surface area contributed by atoms with Crippen molar-refractivity contribution in [2.45, 2.75) is 6.54 Å². The Morgan fingerprint density at radius 1 is 1.24 bits per heavy atom. The van der Waals surface area contributed by atoms with Crippen molar-refractivity contribution in [1.82, 2.24) is 4.57 Å². The quantitative estimate of drug-likeness (QED) is 0.913. The van der Waals surface area contributed by atoms with Crippen molar-refractivity contribution in [3.63, 3.8) is 0 Å². The second-order valence-corrected chi connectivity index (χ2v) is 4.23. The van der Waals surface area contributed by atoms with Gasteiger partial charge >= 0.3 is 5.97 Å². The number of halogens is 2. The van der Waals surface area contributed by atoms with E-state index in [-0.39, 0.29) is 0 Å². The van der Waals surface area contributed by atoms with Gasteiger partial charge < -0.3 is 5.11 Å². The van der Waals surface area contributed by atoms with E-state index in [4.69, 9.17) is 28.3 Å². The molecule has 1 N–H and O–H groups in total. The number of aromatic nitrogens is 1. The molecule has 0 unspecified atom stereocenters. The Bertz CT molecular complexity index is 664. The van der Waals surface area contributed by atoms with E-state index in [2.05, 4.69) is 0 Å². The molecular weight excluding hydrogens is 265 g/mol. The van der Waals surface area contributed by atoms with Crippen LogP contribution < -0.4 is 5.56 Å². The average molecular weight is 272 g/mol. The number of rotatable bonds is 2. The molecule has 17 heavy (non-hydrogen) atoms. The first-order valence-corrected chi connectivity index (χ1v) is 5.45. The highest BCUT2D eigenvalue weighted by Crippen LogP contribution is 2.29. The molecule has 0 spiro atoms. The van der Waals surface area contributed by atoms with Crippen LogP contribution in [0.15, 0.2) is 29.1 Å². The smallest absolute Gasteiger partial charge is 0.323 e. The van der Waals surface area contributed by atoms with Gasteiger partial charge in [0.25, 0.3) is 5.56 Å². The predicted octanol–water partition coefficient (Wildman–Crippen LogP) is 2.39. The molecule has 0 fully saturated rings. The summed E-state index contributed by atoms with van der Waals surface area (Å²) in [4.78, 5) is 22.3. The fourth-order valence-corrected chi connectivity index (χ4v) is 2.00. The Balaban J connectivity index is 2.82. The van der Waals surface area contributed by atoms with Crippen LogP contribution in [-0.2, 0) is 11.3 Å². The van der Waals surface area contributed by atoms with Crippen LogP contribution >= 0.6 is 23.2 Å². The zero-order valence-corrected chi connectivity index (χ0v) is 10.00. The lowest BCUT2D eigenvalue weighted by Gasteiger charge is -2.09. The normalized spacial score (nSPS) is 10.7. The van der Waals surface area contributed by atoms with E-state index in [9.17, 15) is 9.59 Å². The van der Waals surface area contributed by atoms with Gasteiger partial charge in [-0.2, -0.15) is 0 Å². The zero-order chi connectivity index (χ0) is 12.6. The fraction of sp³-hybridized carbons (Fsp3) is 0.0909. The third-order valence-electron chi connectivity index (χ3n) is 2.35. The van der Waals surface area contributed by atoms with E-state index in [1.54, 1.807) is 6.07 Å². The van der Waals surface area contributed by atoms with Gasteiger partial charge in [-0.05, 0) is 18.2 Å². The number of carbonyl (C=O) groups is 1. The van der Waals surface area contributed by atoms with Gasteiger partial charge in [0.15, 0.2) is 0 Å². The molecule has 1 heterocycles. The molecule has 0 atom stereocenters. The lowest BCUT2D eigenvalue weighted by atomic mass is 10.2. The minimum Gasteiger partial charge on any atom is -0.480 e. The van der Waals surface area contributed by atoms with Gasteiger partial charge in [-0.1, -0.05) is 23.2 Å². The number of hydrogen-bond donors (Lipinski definition) is 1. The third-order valence-corrected chi connectivity index (χ3v) is 3.17. The summed E-state index contributed by atoms with van der Waals surface area (Å²) in [7, 11) is 0. The van der Waals surface area contributed by atoms with Crippen LogP contribution in [0.1, 0.15) is 0 Å². The zero-order valence-electron chi connectivity index (χ0n) is 8.48. The highest BCUT2D eigenvalue weighted by molar-refractivity contribution is 6.45. The molecule has 0 saturated carbocycles. The largest absolute Gasteiger partial charge is 0.480 e. The van der Waals surface area contributed by atoms with Gasteiger partial charge in [-0.3, -0.25) is 14.2 Å². The van der Waals surface area contributed by atoms with Gasteiger partial charge in [-0.15, -0.1) is 0 Å². The summed E-state index contributed by atoms with van der Waals surface area (Å²) >= 11 is 11.8. The first kappa shape index (κ1) is 12.0. The maximum atomic E-state index is 11.6. The summed E-state index contributed by atoms with van der Waals surface area (Å²) in [6.45, 7) is -0.409. The molecule has 4 nitrogen and oxygen atoms in total. The molecule has 0 amide bonds. The van der Waals surface area contributed by atoms with Gasteiger partial charge in [0.05, 0.1) is 15.6 Å². The molecular formula is C11H7Cl2NO3. The van der Waals surface area contributed by atoms with Crippen molar-refractivity contribution < 1.29 is 9.90 Å². The van der Waals surface area contributed by atoms with E-state index in [1.165, 1.54) is 18.2 Å². The van der Waals surface area contributed by atoms with E-state index < -0.39 is 18.1 Å². The van der Waals surface area contributed by atoms with Crippen molar-refractivity contribution in [2.75, 3.05) is 0 Å². The van der Waals surface area contributed by atoms with Crippen LogP contribution in [0, 0.1) is 0 Å². The summed E-state index contributed by atoms with van der Waals surface area (Å²) < 4.78 is 1.14. The van der Waals surface area contributed by atoms with Crippen LogP contribution in [0.4, 0.5) is 0 Å². The molecule has 0 radical (unpaired) electrons. The molecule has 6 heteroatoms. The van der Waals surface area contributed by atoms with Crippen LogP contribution in [-0.4, -0.2) is 15.6 Å². The van der Waals surface area contributed by atoms with Crippen molar-refractivity contribution in [3.8, 4) is 0 Å². The third kappa shape index (κ3) is 2.14. The maximum Gasteiger partial charge on any atom is 0.323 e. The molecule has 88 valence electrons. The SMILES string of the molecule is O=C(O)Cn1c(=O)ccc2c(Cl)c(Cl)ccc21. The Kier molecular flexibility index (Phi) is 3.09. The molecule has 0 aliphatic carbocycles. The average Bonchev–Trinajstić information content (AvgIpc) is 2.27. The van der Waals surface area contributed by atoms with Crippen molar-refractivity contribution in [2.24, 2.45) is 0 Å². The monoisotopic (exact) mass is 271 g/mol. The van der Waals surface area contributed by atoms with Crippen LogP contribution in [0.5, 0.6) is 0 Å². The second kappa shape index (κ2) is 4.39. The van der Waals surface area contributed by atoms with Crippen LogP contribution in [0.25, 0.3) is 10.9 Å². The number of hydrogen-bond acceptors (Lipinski definition) is 2. The number of nitrogens with zero attached hydrogens (tertiary/aromatic N) is 1. The number of benzene rings is 1. The number of carboxylic acid groups (broad SMARTS) is 1. The second-order valence-electron chi connectivity index (χ2n) is 3.45. The van der Waals surface area contributed by atoms with E-state index >= 15 is 0 Å². The maximum absolute atomic E-state index is 11.6. The molecule has 1 aromatic heterocycles. The standard InChI is InChI=1S/C11H7Cl2NO3/c12-7-2-3-8-6(11(7)13)1-4-9(15)14(8)5-10(16)17/h1-4H,5H2,(H,16,17). The molecule has 0 saturated heterocycles. The van der Waals surface area contributed by atoms with E-state index in [0.717, 1.165) is 4.57 Å². The van der Waals surface area contributed by atoms with E-state index in [0.29, 0.717) is 20.9 Å². The molecule has 1 aromatic carbocycles. The number of fused-ring (bicyclic) bond motifs is 1. The summed E-state index contributed by atoms with van der Waals surface area (Å²) in [6, 6.07) is 5.91. The van der Waals surface area contributed by atoms with Crippen LogP contribution in [0.2, 0.25) is 10.0 Å². The van der Waals surface area contributed by atoms with Gasteiger partial charge in [-0.25, -0.2) is 0 Å². The minimum absolute atomic E-state index is 0.309. The highest BCUT2D eigenvalue weighted by atomic mass is 35.5. The highest BCUT2D eigenvalue weighted by Gasteiger charge is 2.10. The lowest BCUT2D eigenvalue weighted by molar-refractivity contribution is -0.137. The Morgan fingerprint density at radius 2 is 1.94 bits per heavy atom. The Labute approximate surface area is 106 Å². The van der Waals surface area contributed by atoms with Crippen molar-refractivity contribution in [3.05, 3.63) is 44.7 Å². The summed E-state index contributed by atoms with van der Waals surface area (Å²) in [5, 5.41) is 9.98. The molecule has 0 aliphatic heterocycles. The van der Waals surface area contributed by atoms with Crippen molar-refractivity contribution in [1.29, 1.82) is 0 Å². The summed E-state index contributed by atoms with van der Waals surface area (Å²) in [5.41, 5.74) is 0.0626. The molecule has 2 aromatic rings. The number of aliphatic carboxylic acids is 1. The van der Waals surface area contributed by atoms with Crippen LogP contribution in [0.3, 0.4) is 0 Å². The van der Waals surface area contributed by atoms with Crippen molar-refractivity contribution >= 4 is 40.1 Å². The Morgan fingerprint density at radius 3 is 2.59 bits per heavy atom. The first-order valence-electron chi connectivity index (χ1n) is 4.70. The molecule has 2 rings (SSSR count). The first-order chi connectivity index (χ1) is 8.00.